The molecule has 14 heavy (non-hydrogen) atoms. The van der Waals surface area contributed by atoms with Crippen molar-refractivity contribution in [3.8, 4) is 0 Å². The van der Waals surface area contributed by atoms with Crippen LogP contribution in [0, 0.1) is 5.92 Å². The van der Waals surface area contributed by atoms with Gasteiger partial charge in [-0.15, -0.1) is 0 Å². The molecule has 0 bridgehead atoms. The van der Waals surface area contributed by atoms with Crippen LogP contribution in [-0.4, -0.2) is 24.5 Å². The molecule has 1 fully saturated rings. The third-order valence-corrected chi connectivity index (χ3v) is 2.76. The van der Waals surface area contributed by atoms with Crippen molar-refractivity contribution in [1.29, 1.82) is 0 Å². The van der Waals surface area contributed by atoms with Crippen molar-refractivity contribution in [1.82, 2.24) is 10.6 Å². The molecule has 0 aromatic heterocycles. The number of carbonyl (C=O) groups excluding carboxylic acids is 1. The van der Waals surface area contributed by atoms with Crippen molar-refractivity contribution in [3.05, 3.63) is 0 Å². The molecule has 1 heterocycles. The average Bonchev–Trinajstić information content (AvgIpc) is 2.48. The van der Waals surface area contributed by atoms with Crippen LogP contribution in [0.2, 0.25) is 0 Å². The normalized spacial score (nSPS) is 26.9. The van der Waals surface area contributed by atoms with Gasteiger partial charge in [-0.3, -0.25) is 4.79 Å². The van der Waals surface area contributed by atoms with E-state index in [-0.39, 0.29) is 11.4 Å². The molecule has 0 aromatic rings. The third kappa shape index (κ3) is 3.66. The second kappa shape index (κ2) is 4.78. The zero-order valence-corrected chi connectivity index (χ0v) is 9.52. The molecule has 0 radical (unpaired) electrons. The Hall–Kier alpha value is -0.570. The van der Waals surface area contributed by atoms with E-state index in [2.05, 4.69) is 31.4 Å². The van der Waals surface area contributed by atoms with Crippen molar-refractivity contribution in [2.45, 2.75) is 45.6 Å². The number of carbonyl (C=O) groups is 1. The number of amides is 1. The van der Waals surface area contributed by atoms with Gasteiger partial charge in [-0.2, -0.15) is 0 Å². The number of rotatable bonds is 4. The fourth-order valence-corrected chi connectivity index (χ4v) is 1.74. The minimum atomic E-state index is -0.00589. The maximum Gasteiger partial charge on any atom is 0.220 e. The first kappa shape index (κ1) is 11.5. The highest BCUT2D eigenvalue weighted by Crippen LogP contribution is 2.14. The van der Waals surface area contributed by atoms with E-state index in [1.807, 2.05) is 0 Å². The topological polar surface area (TPSA) is 41.1 Å². The summed E-state index contributed by atoms with van der Waals surface area (Å²) in [7, 11) is 0. The average molecular weight is 198 g/mol. The van der Waals surface area contributed by atoms with Crippen molar-refractivity contribution in [3.63, 3.8) is 0 Å². The minimum absolute atomic E-state index is 0.00589. The van der Waals surface area contributed by atoms with Crippen LogP contribution < -0.4 is 10.6 Å². The Morgan fingerprint density at radius 1 is 1.57 bits per heavy atom. The van der Waals surface area contributed by atoms with Crippen LogP contribution in [0.4, 0.5) is 0 Å². The van der Waals surface area contributed by atoms with E-state index < -0.39 is 0 Å². The van der Waals surface area contributed by atoms with E-state index in [4.69, 9.17) is 0 Å². The number of nitrogens with one attached hydrogen (secondary N) is 2. The molecular formula is C11H22N2O. The van der Waals surface area contributed by atoms with Crippen molar-refractivity contribution < 1.29 is 4.79 Å². The monoisotopic (exact) mass is 198 g/mol. The highest BCUT2D eigenvalue weighted by atomic mass is 16.1. The lowest BCUT2D eigenvalue weighted by Gasteiger charge is -2.24. The zero-order chi connectivity index (χ0) is 10.6. The van der Waals surface area contributed by atoms with Gasteiger partial charge in [0.15, 0.2) is 0 Å². The summed E-state index contributed by atoms with van der Waals surface area (Å²) in [6.07, 6.45) is 2.68. The zero-order valence-electron chi connectivity index (χ0n) is 9.52. The SMILES string of the molecule is CC(C)CCC(=O)NC1(C)CCNC1. The second-order valence-electron chi connectivity index (χ2n) is 4.97. The molecule has 0 aromatic carbocycles. The standard InChI is InChI=1S/C11H22N2O/c1-9(2)4-5-10(14)13-11(3)6-7-12-8-11/h9,12H,4-8H2,1-3H3,(H,13,14). The van der Waals surface area contributed by atoms with Crippen LogP contribution >= 0.6 is 0 Å². The molecule has 3 nitrogen and oxygen atoms in total. The molecule has 1 atom stereocenters. The summed E-state index contributed by atoms with van der Waals surface area (Å²) < 4.78 is 0. The van der Waals surface area contributed by atoms with Gasteiger partial charge >= 0.3 is 0 Å². The van der Waals surface area contributed by atoms with Gasteiger partial charge in [0, 0.05) is 13.0 Å². The largest absolute Gasteiger partial charge is 0.350 e. The van der Waals surface area contributed by atoms with E-state index >= 15 is 0 Å². The fourth-order valence-electron chi connectivity index (χ4n) is 1.74. The lowest BCUT2D eigenvalue weighted by atomic mass is 10.0. The Morgan fingerprint density at radius 2 is 2.29 bits per heavy atom. The van der Waals surface area contributed by atoms with Crippen LogP contribution in [0.25, 0.3) is 0 Å². The molecule has 1 aliphatic heterocycles. The Bertz CT molecular complexity index is 195. The smallest absolute Gasteiger partial charge is 0.220 e. The van der Waals surface area contributed by atoms with Crippen molar-refractivity contribution >= 4 is 5.91 Å². The van der Waals surface area contributed by atoms with Gasteiger partial charge in [-0.05, 0) is 32.2 Å². The number of hydrogen-bond donors (Lipinski definition) is 2. The molecule has 1 unspecified atom stereocenters. The predicted octanol–water partition coefficient (Wildman–Crippen LogP) is 1.29. The summed E-state index contributed by atoms with van der Waals surface area (Å²) in [5.41, 5.74) is -0.00589. The van der Waals surface area contributed by atoms with Crippen molar-refractivity contribution in [2.24, 2.45) is 5.92 Å². The van der Waals surface area contributed by atoms with Crippen LogP contribution in [0.15, 0.2) is 0 Å². The summed E-state index contributed by atoms with van der Waals surface area (Å²) >= 11 is 0. The molecule has 0 aliphatic carbocycles. The van der Waals surface area contributed by atoms with Gasteiger partial charge in [0.1, 0.15) is 0 Å². The molecule has 0 saturated carbocycles. The third-order valence-electron chi connectivity index (χ3n) is 2.76. The Kier molecular flexibility index (Phi) is 3.93. The van der Waals surface area contributed by atoms with E-state index in [1.54, 1.807) is 0 Å². The highest BCUT2D eigenvalue weighted by Gasteiger charge is 2.29. The van der Waals surface area contributed by atoms with Gasteiger partial charge in [0.05, 0.1) is 5.54 Å². The quantitative estimate of drug-likeness (QED) is 0.714. The first-order chi connectivity index (χ1) is 6.52. The fraction of sp³-hybridized carbons (Fsp3) is 0.909. The van der Waals surface area contributed by atoms with E-state index in [1.165, 1.54) is 0 Å². The molecular weight excluding hydrogens is 176 g/mol. The van der Waals surface area contributed by atoms with Gasteiger partial charge < -0.3 is 10.6 Å². The Labute approximate surface area is 86.6 Å². The van der Waals surface area contributed by atoms with E-state index in [9.17, 15) is 4.79 Å². The number of hydrogen-bond acceptors (Lipinski definition) is 2. The second-order valence-corrected chi connectivity index (χ2v) is 4.97. The van der Waals surface area contributed by atoms with Crippen molar-refractivity contribution in [2.75, 3.05) is 13.1 Å². The Balaban J connectivity index is 2.25. The maximum atomic E-state index is 11.6. The van der Waals surface area contributed by atoms with Crippen LogP contribution in [-0.2, 0) is 4.79 Å². The van der Waals surface area contributed by atoms with Gasteiger partial charge in [-0.1, -0.05) is 13.8 Å². The molecule has 3 heteroatoms. The first-order valence-corrected chi connectivity index (χ1v) is 5.53. The molecule has 1 saturated heterocycles. The molecule has 1 amide bonds. The molecule has 1 rings (SSSR count). The molecule has 1 aliphatic rings. The summed E-state index contributed by atoms with van der Waals surface area (Å²) in [5.74, 6) is 0.806. The lowest BCUT2D eigenvalue weighted by Crippen LogP contribution is -2.47. The maximum absolute atomic E-state index is 11.6. The van der Waals surface area contributed by atoms with Gasteiger partial charge in [0.2, 0.25) is 5.91 Å². The Morgan fingerprint density at radius 3 is 2.79 bits per heavy atom. The molecule has 2 N–H and O–H groups in total. The van der Waals surface area contributed by atoms with Crippen LogP contribution in [0.3, 0.4) is 0 Å². The molecule has 0 spiro atoms. The summed E-state index contributed by atoms with van der Waals surface area (Å²) in [6, 6.07) is 0. The van der Waals surface area contributed by atoms with Crippen LogP contribution in [0.1, 0.15) is 40.0 Å². The summed E-state index contributed by atoms with van der Waals surface area (Å²) in [6.45, 7) is 8.32. The minimum Gasteiger partial charge on any atom is -0.350 e. The summed E-state index contributed by atoms with van der Waals surface area (Å²) in [4.78, 5) is 11.6. The predicted molar refractivity (Wildman–Crippen MR) is 58.1 cm³/mol. The highest BCUT2D eigenvalue weighted by molar-refractivity contribution is 5.76. The summed E-state index contributed by atoms with van der Waals surface area (Å²) in [5, 5.41) is 6.38. The van der Waals surface area contributed by atoms with Gasteiger partial charge in [-0.25, -0.2) is 0 Å². The van der Waals surface area contributed by atoms with E-state index in [0.29, 0.717) is 12.3 Å². The lowest BCUT2D eigenvalue weighted by molar-refractivity contribution is -0.122. The van der Waals surface area contributed by atoms with E-state index in [0.717, 1.165) is 25.9 Å². The van der Waals surface area contributed by atoms with Crippen LogP contribution in [0.5, 0.6) is 0 Å². The van der Waals surface area contributed by atoms with Gasteiger partial charge in [0.25, 0.3) is 0 Å². The molecule has 82 valence electrons. The first-order valence-electron chi connectivity index (χ1n) is 5.53.